The lowest BCUT2D eigenvalue weighted by molar-refractivity contribution is -0.118. The van der Waals surface area contributed by atoms with E-state index in [0.717, 1.165) is 22.4 Å². The normalized spacial score (nSPS) is 13.1. The first kappa shape index (κ1) is 25.0. The van der Waals surface area contributed by atoms with E-state index in [0.29, 0.717) is 40.9 Å². The topological polar surface area (TPSA) is 86.4 Å². The maximum absolute atomic E-state index is 11.8. The van der Waals surface area contributed by atoms with Crippen molar-refractivity contribution in [2.24, 2.45) is 10.1 Å². The average Bonchev–Trinajstić information content (AvgIpc) is 3.36. The highest BCUT2D eigenvalue weighted by molar-refractivity contribution is 7.07. The second-order valence-electron chi connectivity index (χ2n) is 8.32. The smallest absolute Gasteiger partial charge is 0.262 e. The fourth-order valence-corrected chi connectivity index (χ4v) is 4.69. The summed E-state index contributed by atoms with van der Waals surface area (Å²) < 4.78 is 18.8. The molecule has 0 bridgehead atoms. The predicted molar refractivity (Wildman–Crippen MR) is 149 cm³/mol. The molecule has 0 saturated carbocycles. The number of benzene rings is 3. The molecule has 0 unspecified atom stereocenters. The number of thiazole rings is 1. The van der Waals surface area contributed by atoms with Crippen molar-refractivity contribution < 1.29 is 19.0 Å². The third-order valence-corrected chi connectivity index (χ3v) is 6.55. The van der Waals surface area contributed by atoms with Gasteiger partial charge in [-0.2, -0.15) is 5.10 Å². The molecule has 192 valence electrons. The molecule has 1 N–H and O–H groups in total. The van der Waals surface area contributed by atoms with Gasteiger partial charge in [0.2, 0.25) is 4.80 Å². The molecule has 0 spiro atoms. The Labute approximate surface area is 224 Å². The highest BCUT2D eigenvalue weighted by Crippen LogP contribution is 2.33. The number of rotatable bonds is 9. The summed E-state index contributed by atoms with van der Waals surface area (Å²) in [6.07, 6.45) is 3.48. The van der Waals surface area contributed by atoms with E-state index in [1.54, 1.807) is 24.1 Å². The van der Waals surface area contributed by atoms with E-state index in [1.807, 2.05) is 72.1 Å². The van der Waals surface area contributed by atoms with Gasteiger partial charge in [-0.05, 0) is 47.5 Å². The monoisotopic (exact) mass is 526 g/mol. The minimum Gasteiger partial charge on any atom is -0.493 e. The molecule has 5 rings (SSSR count). The molecule has 0 radical (unpaired) electrons. The van der Waals surface area contributed by atoms with Gasteiger partial charge in [0.1, 0.15) is 12.4 Å². The largest absolute Gasteiger partial charge is 0.493 e. The fourth-order valence-electron chi connectivity index (χ4n) is 3.85. The van der Waals surface area contributed by atoms with Gasteiger partial charge in [0.15, 0.2) is 18.1 Å². The van der Waals surface area contributed by atoms with Crippen molar-refractivity contribution in [3.8, 4) is 28.5 Å². The molecular formula is C29H26N4O4S. The highest BCUT2D eigenvalue weighted by Gasteiger charge is 2.18. The molecule has 9 heteroatoms. The quantitative estimate of drug-likeness (QED) is 0.243. The summed E-state index contributed by atoms with van der Waals surface area (Å²) in [7, 11) is 1.61. The lowest BCUT2D eigenvalue weighted by Crippen LogP contribution is -2.25. The summed E-state index contributed by atoms with van der Waals surface area (Å²) in [5.41, 5.74) is 4.22. The van der Waals surface area contributed by atoms with Crippen LogP contribution in [0.15, 0.2) is 94.9 Å². The molecule has 0 aliphatic carbocycles. The van der Waals surface area contributed by atoms with Gasteiger partial charge in [-0.1, -0.05) is 36.4 Å². The highest BCUT2D eigenvalue weighted by atomic mass is 32.1. The Hall–Kier alpha value is -4.63. The molecule has 4 aromatic rings. The zero-order chi connectivity index (χ0) is 26.3. The first-order valence-corrected chi connectivity index (χ1v) is 12.8. The first-order chi connectivity index (χ1) is 18.6. The van der Waals surface area contributed by atoms with Gasteiger partial charge in [0.05, 0.1) is 31.3 Å². The van der Waals surface area contributed by atoms with Crippen molar-refractivity contribution in [3.63, 3.8) is 0 Å². The Kier molecular flexibility index (Phi) is 7.65. The van der Waals surface area contributed by atoms with Gasteiger partial charge in [0, 0.05) is 10.9 Å². The van der Waals surface area contributed by atoms with Gasteiger partial charge in [-0.3, -0.25) is 9.79 Å². The van der Waals surface area contributed by atoms with Crippen molar-refractivity contribution in [1.82, 2.24) is 4.68 Å². The molecule has 0 saturated heterocycles. The second kappa shape index (κ2) is 11.6. The Balaban J connectivity index is 1.44. The maximum atomic E-state index is 11.8. The van der Waals surface area contributed by atoms with Crippen LogP contribution in [-0.2, 0) is 11.4 Å². The summed E-state index contributed by atoms with van der Waals surface area (Å²) in [4.78, 5) is 17.1. The molecule has 1 aromatic heterocycles. The van der Waals surface area contributed by atoms with Crippen LogP contribution in [0.2, 0.25) is 0 Å². The van der Waals surface area contributed by atoms with Crippen LogP contribution in [0.4, 0.5) is 5.69 Å². The van der Waals surface area contributed by atoms with Crippen molar-refractivity contribution in [3.05, 3.63) is 101 Å². The number of carbonyl (C=O) groups excluding carboxylic acids is 1. The standard InChI is InChI=1S/C29H26N4O4S/c1-3-13-30-29-33(24(19-38-29)22-10-12-25-23(15-22)32-28(34)18-37-25)31-16-21-9-11-26(27(14-21)35-2)36-17-20-7-5-4-6-8-20/h3-12,14-16,19H,1,13,17-18H2,2H3,(H,32,34). The molecule has 0 atom stereocenters. The molecule has 1 aliphatic heterocycles. The van der Waals surface area contributed by atoms with Gasteiger partial charge >= 0.3 is 0 Å². The van der Waals surface area contributed by atoms with Crippen LogP contribution in [0.25, 0.3) is 11.3 Å². The number of aromatic nitrogens is 1. The van der Waals surface area contributed by atoms with Crippen molar-refractivity contribution >= 4 is 29.1 Å². The van der Waals surface area contributed by atoms with Crippen molar-refractivity contribution in [2.75, 3.05) is 25.6 Å². The number of ether oxygens (including phenoxy) is 3. The van der Waals surface area contributed by atoms with E-state index in [1.165, 1.54) is 11.3 Å². The van der Waals surface area contributed by atoms with E-state index in [9.17, 15) is 4.79 Å². The van der Waals surface area contributed by atoms with Gasteiger partial charge in [0.25, 0.3) is 5.91 Å². The zero-order valence-corrected chi connectivity index (χ0v) is 21.6. The van der Waals surface area contributed by atoms with Crippen LogP contribution in [0.3, 0.4) is 0 Å². The average molecular weight is 527 g/mol. The van der Waals surface area contributed by atoms with Gasteiger partial charge in [-0.15, -0.1) is 17.9 Å². The molecule has 8 nitrogen and oxygen atoms in total. The molecule has 1 amide bonds. The number of hydrogen-bond acceptors (Lipinski definition) is 7. The van der Waals surface area contributed by atoms with E-state index in [2.05, 4.69) is 16.9 Å². The summed E-state index contributed by atoms with van der Waals surface area (Å²) in [6, 6.07) is 21.3. The van der Waals surface area contributed by atoms with Gasteiger partial charge in [-0.25, -0.2) is 4.68 Å². The minimum absolute atomic E-state index is 0.0131. The SMILES string of the molecule is C=CCN=c1scc(-c2ccc3c(c2)NC(=O)CO3)n1N=Cc1ccc(OCc2ccccc2)c(OC)c1. The maximum Gasteiger partial charge on any atom is 0.262 e. The van der Waals surface area contributed by atoms with Crippen LogP contribution >= 0.6 is 11.3 Å². The Bertz CT molecular complexity index is 1560. The third kappa shape index (κ3) is 5.68. The predicted octanol–water partition coefficient (Wildman–Crippen LogP) is 5.10. The van der Waals surface area contributed by atoms with Crippen molar-refractivity contribution in [1.29, 1.82) is 0 Å². The lowest BCUT2D eigenvalue weighted by atomic mass is 10.1. The van der Waals surface area contributed by atoms with E-state index >= 15 is 0 Å². The van der Waals surface area contributed by atoms with E-state index in [-0.39, 0.29) is 12.5 Å². The summed E-state index contributed by atoms with van der Waals surface area (Å²) >= 11 is 1.47. The molecule has 3 aromatic carbocycles. The van der Waals surface area contributed by atoms with Crippen LogP contribution in [0.1, 0.15) is 11.1 Å². The zero-order valence-electron chi connectivity index (χ0n) is 20.8. The van der Waals surface area contributed by atoms with Crippen LogP contribution in [-0.4, -0.2) is 37.1 Å². The van der Waals surface area contributed by atoms with Gasteiger partial charge < -0.3 is 19.5 Å². The van der Waals surface area contributed by atoms with Crippen LogP contribution in [0, 0.1) is 0 Å². The number of nitrogens with one attached hydrogen (secondary N) is 1. The van der Waals surface area contributed by atoms with Crippen LogP contribution < -0.4 is 24.3 Å². The molecule has 1 aliphatic rings. The lowest BCUT2D eigenvalue weighted by Gasteiger charge is -2.18. The number of amides is 1. The molecule has 0 fully saturated rings. The molecule has 38 heavy (non-hydrogen) atoms. The summed E-state index contributed by atoms with van der Waals surface area (Å²) in [5.74, 6) is 1.72. The fraction of sp³-hybridized carbons (Fsp3) is 0.138. The van der Waals surface area contributed by atoms with E-state index in [4.69, 9.17) is 19.3 Å². The molecule has 2 heterocycles. The number of methoxy groups -OCH3 is 1. The molecular weight excluding hydrogens is 500 g/mol. The number of carbonyl (C=O) groups is 1. The number of nitrogens with zero attached hydrogens (tertiary/aromatic N) is 3. The Morgan fingerprint density at radius 2 is 2.00 bits per heavy atom. The van der Waals surface area contributed by atoms with Crippen molar-refractivity contribution in [2.45, 2.75) is 6.61 Å². The second-order valence-corrected chi connectivity index (χ2v) is 9.16. The summed E-state index contributed by atoms with van der Waals surface area (Å²) in [5, 5.41) is 9.59. The number of hydrogen-bond donors (Lipinski definition) is 1. The van der Waals surface area contributed by atoms with Crippen LogP contribution in [0.5, 0.6) is 17.2 Å². The summed E-state index contributed by atoms with van der Waals surface area (Å²) in [6.45, 7) is 4.68. The third-order valence-electron chi connectivity index (χ3n) is 5.70. The Morgan fingerprint density at radius 3 is 2.82 bits per heavy atom. The minimum atomic E-state index is -0.183. The van der Waals surface area contributed by atoms with E-state index < -0.39 is 0 Å². The number of anilines is 1. The first-order valence-electron chi connectivity index (χ1n) is 11.9. The number of fused-ring (bicyclic) bond motifs is 1. The Morgan fingerprint density at radius 1 is 1.13 bits per heavy atom.